The van der Waals surface area contributed by atoms with Crippen molar-refractivity contribution in [2.24, 2.45) is 5.92 Å². The van der Waals surface area contributed by atoms with Crippen LogP contribution in [0.4, 0.5) is 5.69 Å². The van der Waals surface area contributed by atoms with E-state index in [1.165, 1.54) is 0 Å². The number of halogens is 2. The van der Waals surface area contributed by atoms with E-state index in [9.17, 15) is 4.79 Å². The highest BCUT2D eigenvalue weighted by molar-refractivity contribution is 9.10. The van der Waals surface area contributed by atoms with E-state index in [0.29, 0.717) is 12.3 Å². The van der Waals surface area contributed by atoms with Gasteiger partial charge in [0.05, 0.1) is 0 Å². The van der Waals surface area contributed by atoms with Gasteiger partial charge in [0.15, 0.2) is 0 Å². The van der Waals surface area contributed by atoms with Crippen molar-refractivity contribution in [1.82, 2.24) is 5.32 Å². The van der Waals surface area contributed by atoms with Gasteiger partial charge in [-0.3, -0.25) is 4.79 Å². The number of rotatable bonds is 3. The Balaban J connectivity index is 0.00000144. The minimum Gasteiger partial charge on any atom is -0.326 e. The largest absolute Gasteiger partial charge is 0.326 e. The molecule has 1 aliphatic heterocycles. The molecule has 94 valence electrons. The van der Waals surface area contributed by atoms with Crippen molar-refractivity contribution in [1.29, 1.82) is 0 Å². The normalized spacial score (nSPS) is 18.5. The Morgan fingerprint density at radius 1 is 1.53 bits per heavy atom. The number of anilines is 1. The summed E-state index contributed by atoms with van der Waals surface area (Å²) in [5, 5.41) is 6.18. The lowest BCUT2D eigenvalue weighted by Gasteiger charge is -2.09. The van der Waals surface area contributed by atoms with Crippen LogP contribution in [0, 0.1) is 5.92 Å². The molecule has 5 heteroatoms. The van der Waals surface area contributed by atoms with Gasteiger partial charge in [-0.1, -0.05) is 22.0 Å². The molecule has 1 amide bonds. The first-order valence-corrected chi connectivity index (χ1v) is 6.29. The summed E-state index contributed by atoms with van der Waals surface area (Å²) in [7, 11) is 0. The van der Waals surface area contributed by atoms with E-state index >= 15 is 0 Å². The minimum atomic E-state index is 0. The van der Waals surface area contributed by atoms with E-state index in [2.05, 4.69) is 26.6 Å². The zero-order valence-electron chi connectivity index (χ0n) is 9.41. The van der Waals surface area contributed by atoms with Crippen molar-refractivity contribution in [2.75, 3.05) is 18.4 Å². The van der Waals surface area contributed by atoms with Crippen molar-refractivity contribution >= 4 is 39.9 Å². The monoisotopic (exact) mass is 318 g/mol. The van der Waals surface area contributed by atoms with Crippen LogP contribution in [0.25, 0.3) is 0 Å². The van der Waals surface area contributed by atoms with Crippen molar-refractivity contribution in [3.63, 3.8) is 0 Å². The number of hydrogen-bond donors (Lipinski definition) is 2. The number of carbonyl (C=O) groups excluding carboxylic acids is 1. The molecule has 2 N–H and O–H groups in total. The maximum absolute atomic E-state index is 11.7. The van der Waals surface area contributed by atoms with Gasteiger partial charge in [0, 0.05) is 16.6 Å². The molecule has 1 fully saturated rings. The molecule has 0 aliphatic carbocycles. The van der Waals surface area contributed by atoms with E-state index in [1.54, 1.807) is 0 Å². The molecule has 1 heterocycles. The SMILES string of the molecule is Cl.O=C(CC1CCNC1)Nc1cccc(Br)c1. The van der Waals surface area contributed by atoms with E-state index in [1.807, 2.05) is 24.3 Å². The van der Waals surface area contributed by atoms with Gasteiger partial charge < -0.3 is 10.6 Å². The summed E-state index contributed by atoms with van der Waals surface area (Å²) in [6.45, 7) is 2.00. The van der Waals surface area contributed by atoms with Crippen LogP contribution >= 0.6 is 28.3 Å². The van der Waals surface area contributed by atoms with E-state index in [-0.39, 0.29) is 18.3 Å². The Kier molecular flexibility index (Phi) is 5.95. The number of amides is 1. The predicted molar refractivity (Wildman–Crippen MR) is 75.6 cm³/mol. The molecular weight excluding hydrogens is 304 g/mol. The van der Waals surface area contributed by atoms with Gasteiger partial charge in [-0.2, -0.15) is 0 Å². The molecule has 3 nitrogen and oxygen atoms in total. The molecule has 0 aromatic heterocycles. The molecule has 1 unspecified atom stereocenters. The summed E-state index contributed by atoms with van der Waals surface area (Å²) in [5.74, 6) is 0.596. The van der Waals surface area contributed by atoms with Gasteiger partial charge in [-0.05, 0) is 43.6 Å². The standard InChI is InChI=1S/C12H15BrN2O.ClH/c13-10-2-1-3-11(7-10)15-12(16)6-9-4-5-14-8-9;/h1-3,7,9,14H,4-6,8H2,(H,15,16);1H. The Hall–Kier alpha value is -0.580. The van der Waals surface area contributed by atoms with Crippen LogP contribution in [0.3, 0.4) is 0 Å². The molecule has 1 aromatic rings. The third-order valence-corrected chi connectivity index (χ3v) is 3.24. The molecule has 0 saturated carbocycles. The van der Waals surface area contributed by atoms with Crippen molar-refractivity contribution in [3.8, 4) is 0 Å². The van der Waals surface area contributed by atoms with Crippen LogP contribution < -0.4 is 10.6 Å². The van der Waals surface area contributed by atoms with Gasteiger partial charge in [0.1, 0.15) is 0 Å². The third kappa shape index (κ3) is 4.66. The number of benzene rings is 1. The fourth-order valence-corrected chi connectivity index (χ4v) is 2.33. The summed E-state index contributed by atoms with van der Waals surface area (Å²) in [5.41, 5.74) is 0.852. The Morgan fingerprint density at radius 2 is 2.35 bits per heavy atom. The zero-order chi connectivity index (χ0) is 11.4. The molecule has 1 atom stereocenters. The second kappa shape index (κ2) is 6.99. The number of nitrogens with one attached hydrogen (secondary N) is 2. The summed E-state index contributed by atoms with van der Waals surface area (Å²) >= 11 is 3.38. The highest BCUT2D eigenvalue weighted by atomic mass is 79.9. The van der Waals surface area contributed by atoms with Gasteiger partial charge in [-0.25, -0.2) is 0 Å². The zero-order valence-corrected chi connectivity index (χ0v) is 11.8. The molecule has 0 radical (unpaired) electrons. The fraction of sp³-hybridized carbons (Fsp3) is 0.417. The second-order valence-electron chi connectivity index (χ2n) is 4.12. The molecule has 1 aliphatic rings. The lowest BCUT2D eigenvalue weighted by Crippen LogP contribution is -2.18. The van der Waals surface area contributed by atoms with Crippen LogP contribution in [0.5, 0.6) is 0 Å². The Morgan fingerprint density at radius 3 is 3.00 bits per heavy atom. The van der Waals surface area contributed by atoms with Crippen LogP contribution in [0.15, 0.2) is 28.7 Å². The van der Waals surface area contributed by atoms with Crippen LogP contribution in [-0.4, -0.2) is 19.0 Å². The maximum atomic E-state index is 11.7. The van der Waals surface area contributed by atoms with Gasteiger partial charge in [0.25, 0.3) is 0 Å². The predicted octanol–water partition coefficient (Wildman–Crippen LogP) is 2.81. The average Bonchev–Trinajstić information content (AvgIpc) is 2.70. The van der Waals surface area contributed by atoms with Crippen molar-refractivity contribution in [2.45, 2.75) is 12.8 Å². The van der Waals surface area contributed by atoms with Crippen LogP contribution in [0.2, 0.25) is 0 Å². The Labute approximate surface area is 116 Å². The summed E-state index contributed by atoms with van der Waals surface area (Å²) in [6.07, 6.45) is 1.71. The van der Waals surface area contributed by atoms with Gasteiger partial charge in [-0.15, -0.1) is 12.4 Å². The molecule has 0 bridgehead atoms. The van der Waals surface area contributed by atoms with E-state index in [4.69, 9.17) is 0 Å². The van der Waals surface area contributed by atoms with Gasteiger partial charge >= 0.3 is 0 Å². The lowest BCUT2D eigenvalue weighted by molar-refractivity contribution is -0.116. The van der Waals surface area contributed by atoms with E-state index in [0.717, 1.165) is 29.7 Å². The molecule has 1 saturated heterocycles. The van der Waals surface area contributed by atoms with Crippen molar-refractivity contribution in [3.05, 3.63) is 28.7 Å². The average molecular weight is 320 g/mol. The molecule has 17 heavy (non-hydrogen) atoms. The van der Waals surface area contributed by atoms with Gasteiger partial charge in [0.2, 0.25) is 5.91 Å². The first kappa shape index (κ1) is 14.5. The molecule has 0 spiro atoms. The topological polar surface area (TPSA) is 41.1 Å². The van der Waals surface area contributed by atoms with Crippen molar-refractivity contribution < 1.29 is 4.79 Å². The summed E-state index contributed by atoms with van der Waals surface area (Å²) in [4.78, 5) is 11.7. The summed E-state index contributed by atoms with van der Waals surface area (Å²) < 4.78 is 0.979. The quantitative estimate of drug-likeness (QED) is 0.899. The first-order valence-electron chi connectivity index (χ1n) is 5.50. The maximum Gasteiger partial charge on any atom is 0.224 e. The lowest BCUT2D eigenvalue weighted by atomic mass is 10.0. The Bertz CT molecular complexity index is 381. The number of hydrogen-bond acceptors (Lipinski definition) is 2. The highest BCUT2D eigenvalue weighted by Crippen LogP contribution is 2.17. The first-order chi connectivity index (χ1) is 7.74. The molecule has 2 rings (SSSR count). The van der Waals surface area contributed by atoms with Crippen LogP contribution in [0.1, 0.15) is 12.8 Å². The fourth-order valence-electron chi connectivity index (χ4n) is 1.93. The second-order valence-corrected chi connectivity index (χ2v) is 5.04. The minimum absolute atomic E-state index is 0. The summed E-state index contributed by atoms with van der Waals surface area (Å²) in [6, 6.07) is 7.66. The molecule has 1 aromatic carbocycles. The van der Waals surface area contributed by atoms with Crippen LogP contribution in [-0.2, 0) is 4.79 Å². The number of carbonyl (C=O) groups is 1. The highest BCUT2D eigenvalue weighted by Gasteiger charge is 2.17. The van der Waals surface area contributed by atoms with E-state index < -0.39 is 0 Å². The molecular formula is C12H16BrClN2O. The third-order valence-electron chi connectivity index (χ3n) is 2.74. The smallest absolute Gasteiger partial charge is 0.224 e.